The first-order valence-corrected chi connectivity index (χ1v) is 7.95. The monoisotopic (exact) mass is 289 g/mol. The summed E-state index contributed by atoms with van der Waals surface area (Å²) in [6.45, 7) is 1.69. The summed E-state index contributed by atoms with van der Waals surface area (Å²) in [5.74, 6) is 0.625. The van der Waals surface area contributed by atoms with Gasteiger partial charge in [0.05, 0.1) is 12.1 Å². The fourth-order valence-electron chi connectivity index (χ4n) is 2.78. The van der Waals surface area contributed by atoms with E-state index in [1.165, 1.54) is 0 Å². The average molecular weight is 289 g/mol. The summed E-state index contributed by atoms with van der Waals surface area (Å²) in [5, 5.41) is 8.56. The third-order valence-corrected chi connectivity index (χ3v) is 4.59. The van der Waals surface area contributed by atoms with Crippen LogP contribution in [-0.4, -0.2) is 33.7 Å². The van der Waals surface area contributed by atoms with Crippen LogP contribution in [0, 0.1) is 0 Å². The molecule has 2 aromatic rings. The normalized spacial score (nSPS) is 19.2. The van der Waals surface area contributed by atoms with Crippen molar-refractivity contribution in [2.24, 2.45) is 7.05 Å². The standard InChI is InChI=1S/C15H19N3OS/c1-17-7-4-14(16-17)13-3-2-6-18(10-13)15(19)9-12-5-8-20-11-12/h4-5,7-8,11,13H,2-3,6,9-10H2,1H3/t13-/m1/s1. The van der Waals surface area contributed by atoms with E-state index in [1.807, 2.05) is 34.3 Å². The van der Waals surface area contributed by atoms with Crippen LogP contribution in [-0.2, 0) is 18.3 Å². The van der Waals surface area contributed by atoms with Crippen molar-refractivity contribution in [3.63, 3.8) is 0 Å². The molecule has 1 fully saturated rings. The van der Waals surface area contributed by atoms with Gasteiger partial charge in [-0.15, -0.1) is 0 Å². The zero-order valence-electron chi connectivity index (χ0n) is 11.7. The van der Waals surface area contributed by atoms with Gasteiger partial charge in [-0.2, -0.15) is 16.4 Å². The van der Waals surface area contributed by atoms with E-state index in [0.717, 1.165) is 37.2 Å². The zero-order chi connectivity index (χ0) is 13.9. The Hall–Kier alpha value is -1.62. The molecule has 20 heavy (non-hydrogen) atoms. The van der Waals surface area contributed by atoms with E-state index in [9.17, 15) is 4.79 Å². The Bertz CT molecular complexity index is 576. The molecule has 1 aliphatic heterocycles. The van der Waals surface area contributed by atoms with Gasteiger partial charge in [-0.25, -0.2) is 0 Å². The van der Waals surface area contributed by atoms with Gasteiger partial charge in [-0.05, 0) is 41.3 Å². The highest BCUT2D eigenvalue weighted by Gasteiger charge is 2.26. The molecular weight excluding hydrogens is 270 g/mol. The molecule has 5 heteroatoms. The lowest BCUT2D eigenvalue weighted by molar-refractivity contribution is -0.131. The Balaban J connectivity index is 1.64. The largest absolute Gasteiger partial charge is 0.342 e. The number of hydrogen-bond acceptors (Lipinski definition) is 3. The van der Waals surface area contributed by atoms with Gasteiger partial charge >= 0.3 is 0 Å². The van der Waals surface area contributed by atoms with Crippen LogP contribution in [0.25, 0.3) is 0 Å². The predicted octanol–water partition coefficient (Wildman–Crippen LogP) is 2.43. The molecule has 3 heterocycles. The number of thiophene rings is 1. The third-order valence-electron chi connectivity index (χ3n) is 3.86. The fourth-order valence-corrected chi connectivity index (χ4v) is 3.44. The van der Waals surface area contributed by atoms with E-state index in [0.29, 0.717) is 12.3 Å². The van der Waals surface area contributed by atoms with Crippen LogP contribution >= 0.6 is 11.3 Å². The van der Waals surface area contributed by atoms with Gasteiger partial charge in [-0.3, -0.25) is 9.48 Å². The van der Waals surface area contributed by atoms with Crippen molar-refractivity contribution in [2.75, 3.05) is 13.1 Å². The van der Waals surface area contributed by atoms with Crippen molar-refractivity contribution in [1.82, 2.24) is 14.7 Å². The van der Waals surface area contributed by atoms with Crippen LogP contribution in [0.5, 0.6) is 0 Å². The first kappa shape index (κ1) is 13.4. The van der Waals surface area contributed by atoms with Crippen molar-refractivity contribution in [3.8, 4) is 0 Å². The SMILES string of the molecule is Cn1ccc([C@@H]2CCCN(C(=O)Cc3ccsc3)C2)n1. The Labute approximate surface area is 123 Å². The molecule has 0 bridgehead atoms. The van der Waals surface area contributed by atoms with E-state index in [4.69, 9.17) is 0 Å². The number of carbonyl (C=O) groups excluding carboxylic acids is 1. The Morgan fingerprint density at radius 3 is 3.10 bits per heavy atom. The van der Waals surface area contributed by atoms with Gasteiger partial charge in [-0.1, -0.05) is 0 Å². The molecule has 4 nitrogen and oxygen atoms in total. The molecule has 0 saturated carbocycles. The number of aromatic nitrogens is 2. The lowest BCUT2D eigenvalue weighted by Gasteiger charge is -2.32. The summed E-state index contributed by atoms with van der Waals surface area (Å²) in [6.07, 6.45) is 4.69. The molecule has 2 aromatic heterocycles. The molecule has 3 rings (SSSR count). The number of piperidine rings is 1. The van der Waals surface area contributed by atoms with Crippen LogP contribution in [0.1, 0.15) is 30.0 Å². The van der Waals surface area contributed by atoms with Gasteiger partial charge in [0.1, 0.15) is 0 Å². The smallest absolute Gasteiger partial charge is 0.227 e. The number of aryl methyl sites for hydroxylation is 1. The lowest BCUT2D eigenvalue weighted by Crippen LogP contribution is -2.40. The number of carbonyl (C=O) groups is 1. The number of rotatable bonds is 3. The summed E-state index contributed by atoms with van der Waals surface area (Å²) in [4.78, 5) is 14.4. The summed E-state index contributed by atoms with van der Waals surface area (Å²) < 4.78 is 1.83. The molecule has 1 amide bonds. The minimum atomic E-state index is 0.240. The Kier molecular flexibility index (Phi) is 3.87. The highest BCUT2D eigenvalue weighted by molar-refractivity contribution is 7.07. The summed E-state index contributed by atoms with van der Waals surface area (Å²) in [6, 6.07) is 4.10. The maximum absolute atomic E-state index is 12.4. The van der Waals surface area contributed by atoms with E-state index in [1.54, 1.807) is 11.3 Å². The summed E-state index contributed by atoms with van der Waals surface area (Å²) in [5.41, 5.74) is 2.24. The van der Waals surface area contributed by atoms with Gasteiger partial charge in [0.2, 0.25) is 5.91 Å². The molecule has 0 radical (unpaired) electrons. The highest BCUT2D eigenvalue weighted by Crippen LogP contribution is 2.26. The zero-order valence-corrected chi connectivity index (χ0v) is 12.5. The van der Waals surface area contributed by atoms with Crippen LogP contribution < -0.4 is 0 Å². The summed E-state index contributed by atoms with van der Waals surface area (Å²) in [7, 11) is 1.94. The highest BCUT2D eigenvalue weighted by atomic mass is 32.1. The van der Waals surface area contributed by atoms with E-state index >= 15 is 0 Å². The second-order valence-corrected chi connectivity index (χ2v) is 6.18. The minimum Gasteiger partial charge on any atom is -0.342 e. The maximum Gasteiger partial charge on any atom is 0.227 e. The molecule has 106 valence electrons. The van der Waals surface area contributed by atoms with Crippen LogP contribution in [0.15, 0.2) is 29.1 Å². The van der Waals surface area contributed by atoms with E-state index in [2.05, 4.69) is 16.5 Å². The molecule has 1 aliphatic rings. The van der Waals surface area contributed by atoms with Gasteiger partial charge < -0.3 is 4.90 Å². The first-order chi connectivity index (χ1) is 9.72. The Morgan fingerprint density at radius 1 is 1.50 bits per heavy atom. The molecule has 1 saturated heterocycles. The number of hydrogen-bond donors (Lipinski definition) is 0. The number of amides is 1. The Morgan fingerprint density at radius 2 is 2.40 bits per heavy atom. The van der Waals surface area contributed by atoms with Gasteiger partial charge in [0.25, 0.3) is 0 Å². The van der Waals surface area contributed by atoms with Crippen molar-refractivity contribution in [3.05, 3.63) is 40.3 Å². The lowest BCUT2D eigenvalue weighted by atomic mass is 9.94. The van der Waals surface area contributed by atoms with Crippen molar-refractivity contribution < 1.29 is 4.79 Å². The molecule has 0 aromatic carbocycles. The molecule has 0 spiro atoms. The van der Waals surface area contributed by atoms with Crippen molar-refractivity contribution >= 4 is 17.2 Å². The van der Waals surface area contributed by atoms with Gasteiger partial charge in [0, 0.05) is 32.3 Å². The molecule has 0 unspecified atom stereocenters. The second-order valence-electron chi connectivity index (χ2n) is 5.40. The van der Waals surface area contributed by atoms with Gasteiger partial charge in [0.15, 0.2) is 0 Å². The van der Waals surface area contributed by atoms with Crippen LogP contribution in [0.2, 0.25) is 0 Å². The second kappa shape index (κ2) is 5.79. The van der Waals surface area contributed by atoms with E-state index < -0.39 is 0 Å². The fraction of sp³-hybridized carbons (Fsp3) is 0.467. The predicted molar refractivity (Wildman–Crippen MR) is 79.8 cm³/mol. The van der Waals surface area contributed by atoms with Crippen molar-refractivity contribution in [2.45, 2.75) is 25.2 Å². The molecular formula is C15H19N3OS. The number of nitrogens with zero attached hydrogens (tertiary/aromatic N) is 3. The third kappa shape index (κ3) is 2.93. The quantitative estimate of drug-likeness (QED) is 0.870. The molecule has 1 atom stereocenters. The first-order valence-electron chi connectivity index (χ1n) is 7.01. The molecule has 0 N–H and O–H groups in total. The number of likely N-dealkylation sites (tertiary alicyclic amines) is 1. The van der Waals surface area contributed by atoms with Crippen molar-refractivity contribution in [1.29, 1.82) is 0 Å². The van der Waals surface area contributed by atoms with Crippen LogP contribution in [0.4, 0.5) is 0 Å². The van der Waals surface area contributed by atoms with Crippen LogP contribution in [0.3, 0.4) is 0 Å². The molecule has 0 aliphatic carbocycles. The maximum atomic E-state index is 12.4. The van der Waals surface area contributed by atoms with E-state index in [-0.39, 0.29) is 5.91 Å². The topological polar surface area (TPSA) is 38.1 Å². The average Bonchev–Trinajstić information content (AvgIpc) is 3.10. The minimum absolute atomic E-state index is 0.240. The summed E-state index contributed by atoms with van der Waals surface area (Å²) >= 11 is 1.64.